The molecule has 0 aliphatic carbocycles. The van der Waals surface area contributed by atoms with Gasteiger partial charge in [-0.25, -0.2) is 0 Å². The Morgan fingerprint density at radius 1 is 1.03 bits per heavy atom. The summed E-state index contributed by atoms with van der Waals surface area (Å²) in [6, 6.07) is 20.3. The maximum Gasteiger partial charge on any atom is 0.248 e. The van der Waals surface area contributed by atoms with Crippen molar-refractivity contribution in [2.45, 2.75) is 13.5 Å². The van der Waals surface area contributed by atoms with Crippen LogP contribution in [0.1, 0.15) is 28.4 Å². The first-order valence-electron chi connectivity index (χ1n) is 9.60. The van der Waals surface area contributed by atoms with E-state index in [1.165, 1.54) is 13.0 Å². The lowest BCUT2D eigenvalue weighted by atomic mass is 10.1. The number of halogens is 1. The molecule has 1 amide bonds. The molecule has 0 fully saturated rings. The van der Waals surface area contributed by atoms with Crippen molar-refractivity contribution >= 4 is 39.4 Å². The summed E-state index contributed by atoms with van der Waals surface area (Å²) in [6.07, 6.45) is 3.10. The molecule has 31 heavy (non-hydrogen) atoms. The highest BCUT2D eigenvalue weighted by Crippen LogP contribution is 2.37. The van der Waals surface area contributed by atoms with Crippen LogP contribution in [0.25, 0.3) is 6.08 Å². The molecule has 3 aromatic carbocycles. The van der Waals surface area contributed by atoms with Crippen LogP contribution in [0.3, 0.4) is 0 Å². The van der Waals surface area contributed by atoms with Gasteiger partial charge < -0.3 is 14.8 Å². The molecule has 0 bridgehead atoms. The van der Waals surface area contributed by atoms with E-state index in [9.17, 15) is 9.59 Å². The Morgan fingerprint density at radius 2 is 1.81 bits per heavy atom. The molecule has 3 aromatic rings. The van der Waals surface area contributed by atoms with E-state index in [1.807, 2.05) is 36.4 Å². The van der Waals surface area contributed by atoms with Gasteiger partial charge in [0.05, 0.1) is 11.6 Å². The predicted octanol–water partition coefficient (Wildman–Crippen LogP) is 5.89. The third-order valence-corrected chi connectivity index (χ3v) is 5.03. The zero-order valence-electron chi connectivity index (χ0n) is 17.2. The average molecular weight is 480 g/mol. The number of carbonyl (C=O) groups excluding carboxylic acids is 2. The molecule has 5 nitrogen and oxygen atoms in total. The van der Waals surface area contributed by atoms with E-state index in [0.717, 1.165) is 15.6 Å². The van der Waals surface area contributed by atoms with Gasteiger partial charge in [0.2, 0.25) is 5.91 Å². The molecule has 3 rings (SSSR count). The first-order valence-corrected chi connectivity index (χ1v) is 10.4. The maximum absolute atomic E-state index is 12.3. The SMILES string of the molecule is COc1cc(/C=C/C(=O)Nc2cccc(C(C)=O)c2)cc(Br)c1OCc1ccccc1. The summed E-state index contributed by atoms with van der Waals surface area (Å²) in [7, 11) is 1.57. The molecule has 158 valence electrons. The molecule has 0 aromatic heterocycles. The second-order valence-corrected chi connectivity index (χ2v) is 7.62. The number of anilines is 1. The van der Waals surface area contributed by atoms with E-state index >= 15 is 0 Å². The Hall–Kier alpha value is -3.38. The second kappa shape index (κ2) is 10.6. The smallest absolute Gasteiger partial charge is 0.248 e. The summed E-state index contributed by atoms with van der Waals surface area (Å²) >= 11 is 3.52. The Bertz CT molecular complexity index is 1110. The van der Waals surface area contributed by atoms with E-state index in [4.69, 9.17) is 9.47 Å². The highest BCUT2D eigenvalue weighted by atomic mass is 79.9. The maximum atomic E-state index is 12.3. The van der Waals surface area contributed by atoms with Crippen LogP contribution in [0.15, 0.2) is 77.3 Å². The minimum atomic E-state index is -0.305. The predicted molar refractivity (Wildman–Crippen MR) is 126 cm³/mol. The highest BCUT2D eigenvalue weighted by molar-refractivity contribution is 9.10. The van der Waals surface area contributed by atoms with Crippen LogP contribution in [-0.4, -0.2) is 18.8 Å². The topological polar surface area (TPSA) is 64.6 Å². The van der Waals surface area contributed by atoms with Crippen molar-refractivity contribution in [3.8, 4) is 11.5 Å². The molecule has 0 saturated heterocycles. The number of nitrogens with one attached hydrogen (secondary N) is 1. The fourth-order valence-electron chi connectivity index (χ4n) is 2.88. The number of hydrogen-bond donors (Lipinski definition) is 1. The molecular formula is C25H22BrNO4. The van der Waals surface area contributed by atoms with Gasteiger partial charge in [-0.3, -0.25) is 9.59 Å². The number of ether oxygens (including phenoxy) is 2. The molecule has 0 atom stereocenters. The average Bonchev–Trinajstić information content (AvgIpc) is 2.77. The van der Waals surface area contributed by atoms with Crippen LogP contribution < -0.4 is 14.8 Å². The van der Waals surface area contributed by atoms with E-state index in [2.05, 4.69) is 21.2 Å². The van der Waals surface area contributed by atoms with Crippen LogP contribution in [-0.2, 0) is 11.4 Å². The van der Waals surface area contributed by atoms with Gasteiger partial charge in [-0.1, -0.05) is 42.5 Å². The zero-order valence-corrected chi connectivity index (χ0v) is 18.8. The lowest BCUT2D eigenvalue weighted by Crippen LogP contribution is -2.08. The van der Waals surface area contributed by atoms with Gasteiger partial charge in [-0.15, -0.1) is 0 Å². The number of Topliss-reactive ketones (excluding diaryl/α,β-unsaturated/α-hetero) is 1. The minimum absolute atomic E-state index is 0.0573. The van der Waals surface area contributed by atoms with Crippen molar-refractivity contribution in [1.29, 1.82) is 0 Å². The van der Waals surface area contributed by atoms with Gasteiger partial charge in [0.25, 0.3) is 0 Å². The van der Waals surface area contributed by atoms with Gasteiger partial charge >= 0.3 is 0 Å². The second-order valence-electron chi connectivity index (χ2n) is 6.77. The molecule has 1 N–H and O–H groups in total. The minimum Gasteiger partial charge on any atom is -0.493 e. The number of hydrogen-bond acceptors (Lipinski definition) is 4. The van der Waals surface area contributed by atoms with Crippen molar-refractivity contribution in [2.24, 2.45) is 0 Å². The Kier molecular flexibility index (Phi) is 7.62. The quantitative estimate of drug-likeness (QED) is 0.323. The van der Waals surface area contributed by atoms with Crippen molar-refractivity contribution in [1.82, 2.24) is 0 Å². The van der Waals surface area contributed by atoms with Gasteiger partial charge in [-0.2, -0.15) is 0 Å². The van der Waals surface area contributed by atoms with Crippen LogP contribution in [0.4, 0.5) is 5.69 Å². The van der Waals surface area contributed by atoms with Crippen LogP contribution >= 0.6 is 15.9 Å². The first kappa shape index (κ1) is 22.3. The molecule has 0 radical (unpaired) electrons. The number of rotatable bonds is 8. The van der Waals surface area contributed by atoms with E-state index in [-0.39, 0.29) is 11.7 Å². The first-order chi connectivity index (χ1) is 15.0. The number of carbonyl (C=O) groups is 2. The summed E-state index contributed by atoms with van der Waals surface area (Å²) in [4.78, 5) is 23.8. The van der Waals surface area contributed by atoms with Crippen LogP contribution in [0.5, 0.6) is 11.5 Å². The van der Waals surface area contributed by atoms with Crippen molar-refractivity contribution in [2.75, 3.05) is 12.4 Å². The summed E-state index contributed by atoms with van der Waals surface area (Å²) in [6.45, 7) is 1.89. The summed E-state index contributed by atoms with van der Waals surface area (Å²) in [5, 5.41) is 2.75. The van der Waals surface area contributed by atoms with Crippen molar-refractivity contribution in [3.05, 3.63) is 94.0 Å². The van der Waals surface area contributed by atoms with E-state index in [0.29, 0.717) is 29.4 Å². The fraction of sp³-hybridized carbons (Fsp3) is 0.120. The summed E-state index contributed by atoms with van der Waals surface area (Å²) in [5.74, 6) is 0.784. The largest absolute Gasteiger partial charge is 0.493 e. The molecule has 6 heteroatoms. The molecule has 0 saturated carbocycles. The highest BCUT2D eigenvalue weighted by Gasteiger charge is 2.11. The molecular weight excluding hydrogens is 458 g/mol. The Morgan fingerprint density at radius 3 is 2.52 bits per heavy atom. The standard InChI is InChI=1S/C25H22BrNO4/c1-17(28)20-9-6-10-21(15-20)27-24(29)12-11-19-13-22(26)25(23(14-19)30-2)31-16-18-7-4-3-5-8-18/h3-15H,16H2,1-2H3,(H,27,29)/b12-11+. The molecule has 0 heterocycles. The lowest BCUT2D eigenvalue weighted by Gasteiger charge is -2.13. The van der Waals surface area contributed by atoms with Crippen LogP contribution in [0.2, 0.25) is 0 Å². The van der Waals surface area contributed by atoms with E-state index < -0.39 is 0 Å². The summed E-state index contributed by atoms with van der Waals surface area (Å²) in [5.41, 5.74) is 2.92. The molecule has 0 unspecified atom stereocenters. The number of amides is 1. The van der Waals surface area contributed by atoms with Crippen LogP contribution in [0, 0.1) is 0 Å². The number of methoxy groups -OCH3 is 1. The Labute approximate surface area is 189 Å². The molecule has 0 aliphatic rings. The molecule has 0 spiro atoms. The third-order valence-electron chi connectivity index (χ3n) is 4.44. The van der Waals surface area contributed by atoms with Gasteiger partial charge in [0.1, 0.15) is 6.61 Å². The monoisotopic (exact) mass is 479 g/mol. The number of benzene rings is 3. The normalized spacial score (nSPS) is 10.7. The zero-order chi connectivity index (χ0) is 22.2. The van der Waals surface area contributed by atoms with Crippen molar-refractivity contribution < 1.29 is 19.1 Å². The number of ketones is 1. The summed E-state index contributed by atoms with van der Waals surface area (Å²) < 4.78 is 12.1. The Balaban J connectivity index is 1.70. The van der Waals surface area contributed by atoms with Gasteiger partial charge in [0.15, 0.2) is 17.3 Å². The van der Waals surface area contributed by atoms with E-state index in [1.54, 1.807) is 43.5 Å². The fourth-order valence-corrected chi connectivity index (χ4v) is 3.45. The molecule has 0 aliphatic heterocycles. The third kappa shape index (κ3) is 6.30. The van der Waals surface area contributed by atoms with Gasteiger partial charge in [0, 0.05) is 17.3 Å². The van der Waals surface area contributed by atoms with Gasteiger partial charge in [-0.05, 0) is 64.3 Å². The lowest BCUT2D eigenvalue weighted by molar-refractivity contribution is -0.111. The van der Waals surface area contributed by atoms with Crippen molar-refractivity contribution in [3.63, 3.8) is 0 Å².